The van der Waals surface area contributed by atoms with Crippen LogP contribution in [0.3, 0.4) is 0 Å². The third-order valence-corrected chi connectivity index (χ3v) is 4.85. The summed E-state index contributed by atoms with van der Waals surface area (Å²) in [5.74, 6) is 1.54. The van der Waals surface area contributed by atoms with Crippen LogP contribution in [0.1, 0.15) is 56.9 Å². The highest BCUT2D eigenvalue weighted by atomic mass is 16.3. The molecule has 2 N–H and O–H groups in total. The Morgan fingerprint density at radius 1 is 1.25 bits per heavy atom. The molecule has 2 aliphatic carbocycles. The molecule has 3 heteroatoms. The van der Waals surface area contributed by atoms with Crippen LogP contribution in [-0.2, 0) is 4.79 Å². The summed E-state index contributed by atoms with van der Waals surface area (Å²) >= 11 is 0. The summed E-state index contributed by atoms with van der Waals surface area (Å²) in [6, 6.07) is 5.46. The van der Waals surface area contributed by atoms with Crippen LogP contribution in [0.25, 0.3) is 0 Å². The quantitative estimate of drug-likeness (QED) is 0.870. The largest absolute Gasteiger partial charge is 0.508 e. The van der Waals surface area contributed by atoms with E-state index in [2.05, 4.69) is 12.2 Å². The minimum atomic E-state index is 0.107. The van der Waals surface area contributed by atoms with Crippen molar-refractivity contribution in [3.63, 3.8) is 0 Å². The molecule has 2 fully saturated rings. The summed E-state index contributed by atoms with van der Waals surface area (Å²) in [5, 5.41) is 13.3. The molecule has 1 amide bonds. The predicted molar refractivity (Wildman–Crippen MR) is 79.8 cm³/mol. The molecule has 1 aromatic carbocycles. The number of phenolic OH excluding ortho intramolecular Hbond substituents is 1. The van der Waals surface area contributed by atoms with Crippen molar-refractivity contribution >= 4 is 11.6 Å². The summed E-state index contributed by atoms with van der Waals surface area (Å²) in [6.07, 6.45) is 7.02. The molecule has 108 valence electrons. The standard InChI is InChI=1S/C17H23NO2/c1-11(12-5-2-3-6-12)16-14(7-4-8-15(16)19)18-17(20)13-9-10-13/h4,7-8,11-13,19H,2-3,5-6,9-10H2,1H3,(H,18,20). The fraction of sp³-hybridized carbons (Fsp3) is 0.588. The maximum atomic E-state index is 12.0. The van der Waals surface area contributed by atoms with E-state index < -0.39 is 0 Å². The van der Waals surface area contributed by atoms with Crippen molar-refractivity contribution < 1.29 is 9.90 Å². The van der Waals surface area contributed by atoms with Crippen LogP contribution in [0, 0.1) is 11.8 Å². The lowest BCUT2D eigenvalue weighted by Gasteiger charge is -2.23. The van der Waals surface area contributed by atoms with Crippen LogP contribution in [0.4, 0.5) is 5.69 Å². The molecular weight excluding hydrogens is 250 g/mol. The van der Waals surface area contributed by atoms with E-state index in [1.165, 1.54) is 25.7 Å². The first kappa shape index (κ1) is 13.5. The van der Waals surface area contributed by atoms with Crippen molar-refractivity contribution in [2.45, 2.75) is 51.4 Å². The summed E-state index contributed by atoms with van der Waals surface area (Å²) in [5.41, 5.74) is 1.73. The van der Waals surface area contributed by atoms with Gasteiger partial charge in [0.15, 0.2) is 0 Å². The Bertz CT molecular complexity index is 502. The molecular formula is C17H23NO2. The van der Waals surface area contributed by atoms with E-state index in [9.17, 15) is 9.90 Å². The van der Waals surface area contributed by atoms with E-state index in [0.717, 1.165) is 24.1 Å². The number of hydrogen-bond donors (Lipinski definition) is 2. The second-order valence-electron chi connectivity index (χ2n) is 6.34. The van der Waals surface area contributed by atoms with E-state index >= 15 is 0 Å². The van der Waals surface area contributed by atoms with Gasteiger partial charge in [-0.2, -0.15) is 0 Å². The van der Waals surface area contributed by atoms with Crippen LogP contribution in [-0.4, -0.2) is 11.0 Å². The second-order valence-corrected chi connectivity index (χ2v) is 6.34. The summed E-state index contributed by atoms with van der Waals surface area (Å²) in [4.78, 5) is 12.0. The Morgan fingerprint density at radius 3 is 2.60 bits per heavy atom. The van der Waals surface area contributed by atoms with Crippen molar-refractivity contribution in [1.82, 2.24) is 0 Å². The SMILES string of the molecule is CC(c1c(O)cccc1NC(=O)C1CC1)C1CCCC1. The van der Waals surface area contributed by atoms with E-state index in [4.69, 9.17) is 0 Å². The lowest BCUT2D eigenvalue weighted by Crippen LogP contribution is -2.16. The molecule has 3 rings (SSSR count). The third kappa shape index (κ3) is 2.67. The van der Waals surface area contributed by atoms with Gasteiger partial charge in [0.1, 0.15) is 5.75 Å². The van der Waals surface area contributed by atoms with E-state index in [-0.39, 0.29) is 11.8 Å². The van der Waals surface area contributed by atoms with E-state index in [0.29, 0.717) is 17.6 Å². The van der Waals surface area contributed by atoms with Gasteiger partial charge >= 0.3 is 0 Å². The molecule has 3 nitrogen and oxygen atoms in total. The van der Waals surface area contributed by atoms with Crippen LogP contribution >= 0.6 is 0 Å². The monoisotopic (exact) mass is 273 g/mol. The van der Waals surface area contributed by atoms with Crippen molar-refractivity contribution in [2.75, 3.05) is 5.32 Å². The first-order chi connectivity index (χ1) is 9.66. The Hall–Kier alpha value is -1.51. The number of aromatic hydroxyl groups is 1. The van der Waals surface area contributed by atoms with Crippen molar-refractivity contribution in [3.05, 3.63) is 23.8 Å². The Morgan fingerprint density at radius 2 is 1.95 bits per heavy atom. The minimum absolute atomic E-state index is 0.107. The molecule has 20 heavy (non-hydrogen) atoms. The number of phenols is 1. The van der Waals surface area contributed by atoms with Gasteiger partial charge in [-0.05, 0) is 49.7 Å². The van der Waals surface area contributed by atoms with Crippen molar-refractivity contribution in [2.24, 2.45) is 11.8 Å². The highest BCUT2D eigenvalue weighted by Gasteiger charge is 2.31. The number of rotatable bonds is 4. The predicted octanol–water partition coefficient (Wildman–Crippen LogP) is 4.03. The van der Waals surface area contributed by atoms with E-state index in [1.807, 2.05) is 12.1 Å². The van der Waals surface area contributed by atoms with Gasteiger partial charge in [0.2, 0.25) is 5.91 Å². The molecule has 0 bridgehead atoms. The van der Waals surface area contributed by atoms with Crippen molar-refractivity contribution in [1.29, 1.82) is 0 Å². The fourth-order valence-electron chi connectivity index (χ4n) is 3.41. The van der Waals surface area contributed by atoms with Crippen molar-refractivity contribution in [3.8, 4) is 5.75 Å². The highest BCUT2D eigenvalue weighted by Crippen LogP contribution is 2.43. The molecule has 0 aliphatic heterocycles. The number of carbonyl (C=O) groups is 1. The second kappa shape index (κ2) is 5.47. The van der Waals surface area contributed by atoms with Crippen LogP contribution in [0.2, 0.25) is 0 Å². The zero-order valence-corrected chi connectivity index (χ0v) is 12.1. The average molecular weight is 273 g/mol. The van der Waals surface area contributed by atoms with Crippen LogP contribution < -0.4 is 5.32 Å². The third-order valence-electron chi connectivity index (χ3n) is 4.85. The normalized spacial score (nSPS) is 20.9. The average Bonchev–Trinajstić information content (AvgIpc) is 3.14. The number of benzene rings is 1. The minimum Gasteiger partial charge on any atom is -0.508 e. The number of hydrogen-bond acceptors (Lipinski definition) is 2. The Kier molecular flexibility index (Phi) is 3.68. The molecule has 1 atom stereocenters. The fourth-order valence-corrected chi connectivity index (χ4v) is 3.41. The Balaban J connectivity index is 1.85. The molecule has 2 saturated carbocycles. The topological polar surface area (TPSA) is 49.3 Å². The lowest BCUT2D eigenvalue weighted by molar-refractivity contribution is -0.117. The smallest absolute Gasteiger partial charge is 0.227 e. The first-order valence-electron chi connectivity index (χ1n) is 7.79. The molecule has 0 aromatic heterocycles. The molecule has 1 aromatic rings. The van der Waals surface area contributed by atoms with Gasteiger partial charge in [0.05, 0.1) is 0 Å². The molecule has 0 heterocycles. The Labute approximate surface area is 120 Å². The first-order valence-corrected chi connectivity index (χ1v) is 7.79. The maximum Gasteiger partial charge on any atom is 0.227 e. The number of carbonyl (C=O) groups excluding carboxylic acids is 1. The van der Waals surface area contributed by atoms with Gasteiger partial charge in [0, 0.05) is 17.2 Å². The van der Waals surface area contributed by atoms with E-state index in [1.54, 1.807) is 6.07 Å². The van der Waals surface area contributed by atoms with Gasteiger partial charge in [-0.3, -0.25) is 4.79 Å². The molecule has 0 radical (unpaired) electrons. The van der Waals surface area contributed by atoms with Crippen LogP contribution in [0.15, 0.2) is 18.2 Å². The number of anilines is 1. The number of nitrogens with one attached hydrogen (secondary N) is 1. The molecule has 1 unspecified atom stereocenters. The summed E-state index contributed by atoms with van der Waals surface area (Å²) in [6.45, 7) is 2.18. The highest BCUT2D eigenvalue weighted by molar-refractivity contribution is 5.95. The zero-order valence-electron chi connectivity index (χ0n) is 12.1. The summed E-state index contributed by atoms with van der Waals surface area (Å²) < 4.78 is 0. The van der Waals surface area contributed by atoms with Gasteiger partial charge < -0.3 is 10.4 Å². The molecule has 0 saturated heterocycles. The van der Waals surface area contributed by atoms with Crippen LogP contribution in [0.5, 0.6) is 5.75 Å². The maximum absolute atomic E-state index is 12.0. The van der Waals surface area contributed by atoms with Gasteiger partial charge in [0.25, 0.3) is 0 Å². The van der Waals surface area contributed by atoms with Gasteiger partial charge in [-0.1, -0.05) is 25.8 Å². The molecule has 2 aliphatic rings. The summed E-state index contributed by atoms with van der Waals surface area (Å²) in [7, 11) is 0. The number of amides is 1. The molecule has 0 spiro atoms. The lowest BCUT2D eigenvalue weighted by atomic mass is 9.85. The van der Waals surface area contributed by atoms with Gasteiger partial charge in [-0.25, -0.2) is 0 Å². The zero-order chi connectivity index (χ0) is 14.1. The van der Waals surface area contributed by atoms with Gasteiger partial charge in [-0.15, -0.1) is 0 Å².